The fourth-order valence-corrected chi connectivity index (χ4v) is 3.75. The van der Waals surface area contributed by atoms with Crippen LogP contribution in [-0.4, -0.2) is 31.6 Å². The Morgan fingerprint density at radius 2 is 1.90 bits per heavy atom. The van der Waals surface area contributed by atoms with Crippen molar-refractivity contribution in [2.45, 2.75) is 0 Å². The molecule has 0 saturated carbocycles. The number of anilines is 2. The van der Waals surface area contributed by atoms with E-state index in [9.17, 15) is 9.59 Å². The summed E-state index contributed by atoms with van der Waals surface area (Å²) in [5.41, 5.74) is 1.66. The second-order valence-corrected chi connectivity index (χ2v) is 8.04. The van der Waals surface area contributed by atoms with Gasteiger partial charge in [0.1, 0.15) is 18.1 Å². The number of hydrogen-bond acceptors (Lipinski definition) is 4. The number of benzene rings is 3. The number of nitrogens with one attached hydrogen (secondary N) is 1. The monoisotopic (exact) mass is 500 g/mol. The maximum Gasteiger partial charge on any atom is 0.265 e. The van der Waals surface area contributed by atoms with Crippen LogP contribution < -0.4 is 19.7 Å². The third-order valence-electron chi connectivity index (χ3n) is 4.68. The van der Waals surface area contributed by atoms with E-state index in [-0.39, 0.29) is 18.4 Å². The summed E-state index contributed by atoms with van der Waals surface area (Å²) in [5.74, 6) is 0.805. The van der Waals surface area contributed by atoms with Crippen LogP contribution in [0.2, 0.25) is 5.02 Å². The summed E-state index contributed by atoms with van der Waals surface area (Å²) in [6.07, 6.45) is 0. The molecule has 31 heavy (non-hydrogen) atoms. The summed E-state index contributed by atoms with van der Waals surface area (Å²) in [5, 5.41) is 3.49. The first-order valence-electron chi connectivity index (χ1n) is 9.53. The summed E-state index contributed by atoms with van der Waals surface area (Å²) in [7, 11) is 0. The molecule has 0 aliphatic carbocycles. The van der Waals surface area contributed by atoms with Crippen molar-refractivity contribution in [1.82, 2.24) is 0 Å². The predicted molar refractivity (Wildman–Crippen MR) is 123 cm³/mol. The summed E-state index contributed by atoms with van der Waals surface area (Å²) < 4.78 is 12.0. The molecule has 1 N–H and O–H groups in total. The molecule has 0 fully saturated rings. The molecule has 0 unspecified atom stereocenters. The van der Waals surface area contributed by atoms with Crippen molar-refractivity contribution in [3.63, 3.8) is 0 Å². The maximum atomic E-state index is 12.6. The van der Waals surface area contributed by atoms with Crippen molar-refractivity contribution in [3.05, 3.63) is 81.8 Å². The summed E-state index contributed by atoms with van der Waals surface area (Å²) in [6.45, 7) is 0.580. The molecule has 0 radical (unpaired) electrons. The van der Waals surface area contributed by atoms with E-state index in [2.05, 4.69) is 21.2 Å². The number of ether oxygens (including phenoxy) is 2. The van der Waals surface area contributed by atoms with Gasteiger partial charge in [-0.15, -0.1) is 0 Å². The molecule has 1 aliphatic heterocycles. The third-order valence-corrected chi connectivity index (χ3v) is 5.62. The Morgan fingerprint density at radius 1 is 1.13 bits per heavy atom. The lowest BCUT2D eigenvalue weighted by Gasteiger charge is -2.29. The minimum atomic E-state index is -0.256. The van der Waals surface area contributed by atoms with Crippen molar-refractivity contribution < 1.29 is 19.1 Å². The van der Waals surface area contributed by atoms with Crippen molar-refractivity contribution in [2.24, 2.45) is 0 Å². The molecular weight excluding hydrogens is 484 g/mol. The molecule has 2 amide bonds. The Morgan fingerprint density at radius 3 is 2.68 bits per heavy atom. The average Bonchev–Trinajstić information content (AvgIpc) is 2.77. The molecule has 158 valence electrons. The number of hydrogen-bond donors (Lipinski definition) is 1. The Kier molecular flexibility index (Phi) is 6.44. The van der Waals surface area contributed by atoms with E-state index >= 15 is 0 Å². The molecular formula is C23H18BrClN2O4. The van der Waals surface area contributed by atoms with E-state index in [4.69, 9.17) is 21.1 Å². The molecule has 1 heterocycles. The van der Waals surface area contributed by atoms with Crippen LogP contribution in [0.15, 0.2) is 71.2 Å². The van der Waals surface area contributed by atoms with Gasteiger partial charge in [0.05, 0.1) is 17.8 Å². The molecule has 3 aromatic carbocycles. The number of fused-ring (bicyclic) bond motifs is 1. The van der Waals surface area contributed by atoms with Crippen LogP contribution in [0.3, 0.4) is 0 Å². The van der Waals surface area contributed by atoms with E-state index in [1.165, 1.54) is 0 Å². The normalized spacial score (nSPS) is 12.7. The molecule has 4 rings (SSSR count). The highest BCUT2D eigenvalue weighted by atomic mass is 79.9. The van der Waals surface area contributed by atoms with E-state index in [1.807, 2.05) is 6.07 Å². The van der Waals surface area contributed by atoms with Gasteiger partial charge in [-0.2, -0.15) is 0 Å². The predicted octanol–water partition coefficient (Wildman–Crippen LogP) is 5.16. The number of nitrogens with zero attached hydrogens (tertiary/aromatic N) is 1. The SMILES string of the molecule is O=C(Nc1ccc2c(c1)N(CCOc1ccc(Cl)cc1)C(=O)CO2)c1ccccc1Br. The molecule has 0 atom stereocenters. The van der Waals surface area contributed by atoms with Gasteiger partial charge in [-0.05, 0) is 70.5 Å². The molecule has 1 aliphatic rings. The smallest absolute Gasteiger partial charge is 0.265 e. The fraction of sp³-hybridized carbons (Fsp3) is 0.130. The van der Waals surface area contributed by atoms with Crippen LogP contribution in [0, 0.1) is 0 Å². The molecule has 0 aromatic heterocycles. The van der Waals surface area contributed by atoms with Gasteiger partial charge in [0.15, 0.2) is 6.61 Å². The second-order valence-electron chi connectivity index (χ2n) is 6.75. The lowest BCUT2D eigenvalue weighted by molar-refractivity contribution is -0.121. The molecule has 0 bridgehead atoms. The topological polar surface area (TPSA) is 67.9 Å². The molecule has 0 spiro atoms. The number of carbonyl (C=O) groups excluding carboxylic acids is 2. The first-order chi connectivity index (χ1) is 15.0. The van der Waals surface area contributed by atoms with Crippen LogP contribution in [-0.2, 0) is 4.79 Å². The van der Waals surface area contributed by atoms with Crippen molar-refractivity contribution >= 4 is 50.7 Å². The Hall–Kier alpha value is -3.03. The van der Waals surface area contributed by atoms with E-state index < -0.39 is 0 Å². The fourth-order valence-electron chi connectivity index (χ4n) is 3.15. The van der Waals surface area contributed by atoms with Crippen LogP contribution >= 0.6 is 27.5 Å². The lowest BCUT2D eigenvalue weighted by atomic mass is 10.2. The highest BCUT2D eigenvalue weighted by Gasteiger charge is 2.26. The van der Waals surface area contributed by atoms with Gasteiger partial charge >= 0.3 is 0 Å². The van der Waals surface area contributed by atoms with Crippen LogP contribution in [0.1, 0.15) is 10.4 Å². The minimum Gasteiger partial charge on any atom is -0.492 e. The number of rotatable bonds is 6. The zero-order chi connectivity index (χ0) is 21.8. The summed E-state index contributed by atoms with van der Waals surface area (Å²) in [6, 6.07) is 19.4. The zero-order valence-corrected chi connectivity index (χ0v) is 18.7. The number of amides is 2. The highest BCUT2D eigenvalue weighted by Crippen LogP contribution is 2.34. The number of halogens is 2. The molecule has 0 saturated heterocycles. The standard InChI is InChI=1S/C23H18BrClN2O4/c24-19-4-2-1-3-18(19)23(29)26-16-7-10-21-20(13-16)27(22(28)14-31-21)11-12-30-17-8-5-15(25)6-9-17/h1-10,13H,11-12,14H2,(H,26,29). The van der Waals surface area contributed by atoms with Crippen LogP contribution in [0.5, 0.6) is 11.5 Å². The zero-order valence-electron chi connectivity index (χ0n) is 16.3. The Bertz CT molecular complexity index is 1120. The lowest BCUT2D eigenvalue weighted by Crippen LogP contribution is -2.41. The van der Waals surface area contributed by atoms with Gasteiger partial charge in [0, 0.05) is 15.2 Å². The highest BCUT2D eigenvalue weighted by molar-refractivity contribution is 9.10. The molecule has 8 heteroatoms. The van der Waals surface area contributed by atoms with Gasteiger partial charge in [0.2, 0.25) is 0 Å². The first-order valence-corrected chi connectivity index (χ1v) is 10.7. The molecule has 6 nitrogen and oxygen atoms in total. The van der Waals surface area contributed by atoms with Gasteiger partial charge < -0.3 is 19.7 Å². The van der Waals surface area contributed by atoms with Gasteiger partial charge in [-0.3, -0.25) is 9.59 Å². The average molecular weight is 502 g/mol. The van der Waals surface area contributed by atoms with Crippen LogP contribution in [0.25, 0.3) is 0 Å². The minimum absolute atomic E-state index is 0.0450. The van der Waals surface area contributed by atoms with Crippen molar-refractivity contribution in [1.29, 1.82) is 0 Å². The van der Waals surface area contributed by atoms with Crippen molar-refractivity contribution in [2.75, 3.05) is 30.0 Å². The van der Waals surface area contributed by atoms with E-state index in [0.717, 1.165) is 0 Å². The summed E-state index contributed by atoms with van der Waals surface area (Å²) >= 11 is 9.27. The van der Waals surface area contributed by atoms with Crippen molar-refractivity contribution in [3.8, 4) is 11.5 Å². The van der Waals surface area contributed by atoms with Crippen LogP contribution in [0.4, 0.5) is 11.4 Å². The Balaban J connectivity index is 1.48. The first kappa shape index (κ1) is 21.2. The maximum absolute atomic E-state index is 12.6. The third kappa shape index (κ3) is 5.00. The van der Waals surface area contributed by atoms with E-state index in [0.29, 0.717) is 51.1 Å². The van der Waals surface area contributed by atoms with Gasteiger partial charge in [0.25, 0.3) is 11.8 Å². The van der Waals surface area contributed by atoms with Gasteiger partial charge in [-0.25, -0.2) is 0 Å². The van der Waals surface area contributed by atoms with E-state index in [1.54, 1.807) is 65.6 Å². The quantitative estimate of drug-likeness (QED) is 0.507. The molecule has 3 aromatic rings. The Labute approximate surface area is 192 Å². The van der Waals surface area contributed by atoms with Gasteiger partial charge in [-0.1, -0.05) is 23.7 Å². The number of carbonyl (C=O) groups is 2. The largest absolute Gasteiger partial charge is 0.492 e. The second kappa shape index (κ2) is 9.41. The summed E-state index contributed by atoms with van der Waals surface area (Å²) in [4.78, 5) is 26.7.